The Labute approximate surface area is 156 Å². The van der Waals surface area contributed by atoms with E-state index in [1.165, 1.54) is 24.3 Å². The highest BCUT2D eigenvalue weighted by molar-refractivity contribution is 14.1. The van der Waals surface area contributed by atoms with Crippen LogP contribution in [0.3, 0.4) is 0 Å². The quantitative estimate of drug-likeness (QED) is 0.571. The van der Waals surface area contributed by atoms with E-state index in [1.807, 2.05) is 22.6 Å². The van der Waals surface area contributed by atoms with Crippen molar-refractivity contribution >= 4 is 44.9 Å². The van der Waals surface area contributed by atoms with Gasteiger partial charge in [0.1, 0.15) is 11.6 Å². The molecule has 0 atom stereocenters. The van der Waals surface area contributed by atoms with E-state index in [4.69, 9.17) is 5.11 Å². The zero-order valence-corrected chi connectivity index (χ0v) is 15.3. The fourth-order valence-corrected chi connectivity index (χ4v) is 3.12. The molecule has 0 fully saturated rings. The van der Waals surface area contributed by atoms with Crippen LogP contribution in [0.2, 0.25) is 0 Å². The van der Waals surface area contributed by atoms with Crippen LogP contribution < -0.4 is 10.7 Å². The molecule has 0 aliphatic carbocycles. The summed E-state index contributed by atoms with van der Waals surface area (Å²) >= 11 is 1.99. The van der Waals surface area contributed by atoms with E-state index in [0.717, 1.165) is 3.57 Å². The highest BCUT2D eigenvalue weighted by Gasteiger charge is 2.12. The number of benzene rings is 2. The molecule has 7 heteroatoms. The molecule has 130 valence electrons. The maximum atomic E-state index is 14.1. The second kappa shape index (κ2) is 7.49. The lowest BCUT2D eigenvalue weighted by molar-refractivity contribution is 0.280. The molecule has 0 aliphatic heterocycles. The average molecular weight is 456 g/mol. The molecule has 25 heavy (non-hydrogen) atoms. The first-order chi connectivity index (χ1) is 12.0. The molecule has 3 rings (SSSR count). The summed E-state index contributed by atoms with van der Waals surface area (Å²) in [5.41, 5.74) is 0.481. The van der Waals surface area contributed by atoms with Crippen LogP contribution in [-0.2, 0) is 6.54 Å². The van der Waals surface area contributed by atoms with Crippen molar-refractivity contribution in [3.63, 3.8) is 0 Å². The molecular formula is C18H15F2IN2O2. The van der Waals surface area contributed by atoms with Crippen LogP contribution in [0, 0.1) is 15.2 Å². The SMILES string of the molecule is O=c1ccn(CCCO)c2cc(F)cc(Nc3ccc(I)cc3F)c12. The minimum Gasteiger partial charge on any atom is -0.396 e. The fourth-order valence-electron chi connectivity index (χ4n) is 2.67. The number of aromatic nitrogens is 1. The summed E-state index contributed by atoms with van der Waals surface area (Å²) in [5, 5.41) is 12.1. The van der Waals surface area contributed by atoms with E-state index in [1.54, 1.807) is 22.9 Å². The van der Waals surface area contributed by atoms with Gasteiger partial charge in [0.05, 0.1) is 22.3 Å². The molecule has 0 spiro atoms. The Morgan fingerprint density at radius 3 is 2.64 bits per heavy atom. The normalized spacial score (nSPS) is 11.0. The first kappa shape index (κ1) is 17.8. The van der Waals surface area contributed by atoms with Gasteiger partial charge in [-0.25, -0.2) is 8.78 Å². The number of aryl methyl sites for hydroxylation is 1. The fraction of sp³-hybridized carbons (Fsp3) is 0.167. The summed E-state index contributed by atoms with van der Waals surface area (Å²) in [6.07, 6.45) is 2.04. The predicted octanol–water partition coefficient (Wildman–Crippen LogP) is 4.01. The zero-order valence-electron chi connectivity index (χ0n) is 13.1. The van der Waals surface area contributed by atoms with E-state index in [2.05, 4.69) is 5.32 Å². The Balaban J connectivity index is 2.16. The lowest BCUT2D eigenvalue weighted by Crippen LogP contribution is -2.11. The number of hydrogen-bond donors (Lipinski definition) is 2. The van der Waals surface area contributed by atoms with Crippen LogP contribution in [0.1, 0.15) is 6.42 Å². The minimum atomic E-state index is -0.538. The second-order valence-corrected chi connectivity index (χ2v) is 6.79. The standard InChI is InChI=1S/C18H15F2IN2O2/c19-11-8-15(22-14-3-2-12(21)10-13(14)20)18-16(9-11)23(5-1-7-24)6-4-17(18)25/h2-4,6,8-10,22,24H,1,5,7H2. The van der Waals surface area contributed by atoms with Gasteiger partial charge in [-0.1, -0.05) is 0 Å². The van der Waals surface area contributed by atoms with Gasteiger partial charge in [-0.2, -0.15) is 0 Å². The maximum absolute atomic E-state index is 14.1. The van der Waals surface area contributed by atoms with Gasteiger partial charge in [0.25, 0.3) is 0 Å². The summed E-state index contributed by atoms with van der Waals surface area (Å²) < 4.78 is 30.6. The molecule has 0 amide bonds. The van der Waals surface area contributed by atoms with Crippen molar-refractivity contribution in [2.45, 2.75) is 13.0 Å². The predicted molar refractivity (Wildman–Crippen MR) is 102 cm³/mol. The number of nitrogens with zero attached hydrogens (tertiary/aromatic N) is 1. The van der Waals surface area contributed by atoms with Crippen molar-refractivity contribution in [2.75, 3.05) is 11.9 Å². The third kappa shape index (κ3) is 3.82. The molecule has 2 aromatic carbocycles. The summed E-state index contributed by atoms with van der Waals surface area (Å²) in [7, 11) is 0. The van der Waals surface area contributed by atoms with E-state index in [0.29, 0.717) is 18.5 Å². The topological polar surface area (TPSA) is 54.3 Å². The summed E-state index contributed by atoms with van der Waals surface area (Å²) in [6, 6.07) is 8.44. The van der Waals surface area contributed by atoms with Crippen LogP contribution in [0.5, 0.6) is 0 Å². The van der Waals surface area contributed by atoms with Crippen LogP contribution in [-0.4, -0.2) is 16.3 Å². The van der Waals surface area contributed by atoms with Crippen molar-refractivity contribution in [2.24, 2.45) is 0 Å². The van der Waals surface area contributed by atoms with Gasteiger partial charge in [0.15, 0.2) is 5.43 Å². The number of rotatable bonds is 5. The molecule has 0 unspecified atom stereocenters. The Morgan fingerprint density at radius 2 is 1.92 bits per heavy atom. The van der Waals surface area contributed by atoms with Gasteiger partial charge < -0.3 is 15.0 Å². The number of hydrogen-bond acceptors (Lipinski definition) is 3. The molecule has 3 aromatic rings. The van der Waals surface area contributed by atoms with Crippen LogP contribution in [0.25, 0.3) is 10.9 Å². The van der Waals surface area contributed by atoms with Gasteiger partial charge in [0, 0.05) is 29.0 Å². The molecule has 1 aromatic heterocycles. The monoisotopic (exact) mass is 456 g/mol. The highest BCUT2D eigenvalue weighted by Crippen LogP contribution is 2.27. The molecule has 0 saturated carbocycles. The molecule has 0 radical (unpaired) electrons. The van der Waals surface area contributed by atoms with Crippen LogP contribution >= 0.6 is 22.6 Å². The number of anilines is 2. The lowest BCUT2D eigenvalue weighted by Gasteiger charge is -2.15. The van der Waals surface area contributed by atoms with Crippen LogP contribution in [0.4, 0.5) is 20.2 Å². The Hall–Kier alpha value is -2.00. The van der Waals surface area contributed by atoms with E-state index in [-0.39, 0.29) is 28.8 Å². The van der Waals surface area contributed by atoms with Crippen molar-refractivity contribution < 1.29 is 13.9 Å². The largest absolute Gasteiger partial charge is 0.396 e. The molecule has 4 nitrogen and oxygen atoms in total. The van der Waals surface area contributed by atoms with E-state index < -0.39 is 11.6 Å². The summed E-state index contributed by atoms with van der Waals surface area (Å²) in [5.74, 6) is -1.02. The molecule has 0 aliphatic rings. The number of pyridine rings is 1. The molecular weight excluding hydrogens is 441 g/mol. The Bertz CT molecular complexity index is 989. The molecule has 1 heterocycles. The third-order valence-corrected chi connectivity index (χ3v) is 4.47. The second-order valence-electron chi connectivity index (χ2n) is 5.55. The van der Waals surface area contributed by atoms with Gasteiger partial charge in [0.2, 0.25) is 0 Å². The van der Waals surface area contributed by atoms with Gasteiger partial charge in [-0.05, 0) is 59.3 Å². The highest BCUT2D eigenvalue weighted by atomic mass is 127. The maximum Gasteiger partial charge on any atom is 0.191 e. The van der Waals surface area contributed by atoms with Crippen molar-refractivity contribution in [3.05, 3.63) is 68.0 Å². The number of aliphatic hydroxyl groups excluding tert-OH is 1. The first-order valence-electron chi connectivity index (χ1n) is 7.65. The Morgan fingerprint density at radius 1 is 1.12 bits per heavy atom. The van der Waals surface area contributed by atoms with Crippen LogP contribution in [0.15, 0.2) is 47.4 Å². The van der Waals surface area contributed by atoms with Gasteiger partial charge >= 0.3 is 0 Å². The summed E-state index contributed by atoms with van der Waals surface area (Å²) in [6.45, 7) is 0.427. The zero-order chi connectivity index (χ0) is 18.0. The van der Waals surface area contributed by atoms with Crippen molar-refractivity contribution in [1.82, 2.24) is 4.57 Å². The van der Waals surface area contributed by atoms with E-state index in [9.17, 15) is 13.6 Å². The smallest absolute Gasteiger partial charge is 0.191 e. The van der Waals surface area contributed by atoms with Crippen molar-refractivity contribution in [3.8, 4) is 0 Å². The minimum absolute atomic E-state index is 0.0120. The number of aliphatic hydroxyl groups is 1. The van der Waals surface area contributed by atoms with Gasteiger partial charge in [-0.15, -0.1) is 0 Å². The lowest BCUT2D eigenvalue weighted by atomic mass is 10.1. The van der Waals surface area contributed by atoms with E-state index >= 15 is 0 Å². The molecule has 0 saturated heterocycles. The number of fused-ring (bicyclic) bond motifs is 1. The van der Waals surface area contributed by atoms with Crippen molar-refractivity contribution in [1.29, 1.82) is 0 Å². The third-order valence-electron chi connectivity index (χ3n) is 3.80. The average Bonchev–Trinajstić information content (AvgIpc) is 2.56. The molecule has 2 N–H and O–H groups in total. The summed E-state index contributed by atoms with van der Waals surface area (Å²) in [4.78, 5) is 12.3. The number of halogens is 3. The number of nitrogens with one attached hydrogen (secondary N) is 1. The molecule has 0 bridgehead atoms. The van der Waals surface area contributed by atoms with Gasteiger partial charge in [-0.3, -0.25) is 4.79 Å². The Kier molecular flexibility index (Phi) is 5.33. The first-order valence-corrected chi connectivity index (χ1v) is 8.73.